The van der Waals surface area contributed by atoms with Crippen molar-refractivity contribution in [2.75, 3.05) is 18.0 Å². The number of halogens is 1. The van der Waals surface area contributed by atoms with E-state index in [0.29, 0.717) is 10.7 Å². The topological polar surface area (TPSA) is 29.0 Å². The van der Waals surface area contributed by atoms with Crippen LogP contribution in [0.1, 0.15) is 51.5 Å². The molecule has 2 heterocycles. The molecule has 0 N–H and O–H groups in total. The van der Waals surface area contributed by atoms with Crippen molar-refractivity contribution in [1.82, 2.24) is 9.97 Å². The van der Waals surface area contributed by atoms with Crippen LogP contribution < -0.4 is 4.90 Å². The molecule has 1 aliphatic rings. The average Bonchev–Trinajstić information content (AvgIpc) is 2.84. The lowest BCUT2D eigenvalue weighted by Gasteiger charge is -2.34. The minimum atomic E-state index is 0.360. The van der Waals surface area contributed by atoms with E-state index in [1.165, 1.54) is 22.2 Å². The zero-order valence-corrected chi connectivity index (χ0v) is 16.3. The van der Waals surface area contributed by atoms with Crippen molar-refractivity contribution in [3.05, 3.63) is 15.7 Å². The Bertz CT molecular complexity index is 713. The molecule has 0 saturated carbocycles. The van der Waals surface area contributed by atoms with Crippen molar-refractivity contribution in [2.24, 2.45) is 11.3 Å². The van der Waals surface area contributed by atoms with E-state index in [0.717, 1.165) is 42.5 Å². The second-order valence-electron chi connectivity index (χ2n) is 7.48. The van der Waals surface area contributed by atoms with Crippen LogP contribution in [0.3, 0.4) is 0 Å². The average molecular weight is 352 g/mol. The van der Waals surface area contributed by atoms with Gasteiger partial charge in [-0.3, -0.25) is 0 Å². The number of rotatable bonds is 3. The van der Waals surface area contributed by atoms with Crippen molar-refractivity contribution in [3.63, 3.8) is 0 Å². The van der Waals surface area contributed by atoms with Crippen LogP contribution in [-0.4, -0.2) is 23.1 Å². The van der Waals surface area contributed by atoms with Crippen LogP contribution >= 0.6 is 22.9 Å². The zero-order chi connectivity index (χ0) is 16.8. The van der Waals surface area contributed by atoms with E-state index in [4.69, 9.17) is 11.6 Å². The van der Waals surface area contributed by atoms with E-state index >= 15 is 0 Å². The van der Waals surface area contributed by atoms with Crippen LogP contribution in [0.4, 0.5) is 5.82 Å². The SMILES string of the molecule is CCN(CC)c1nc(Cl)nc2sc3c(c12)CCC(C(C)(C)C)C3. The maximum Gasteiger partial charge on any atom is 0.225 e. The second kappa shape index (κ2) is 6.21. The third-order valence-electron chi connectivity index (χ3n) is 5.15. The van der Waals surface area contributed by atoms with Crippen LogP contribution in [-0.2, 0) is 12.8 Å². The molecule has 126 valence electrons. The van der Waals surface area contributed by atoms with Gasteiger partial charge in [-0.25, -0.2) is 4.98 Å². The number of fused-ring (bicyclic) bond motifs is 3. The number of hydrogen-bond donors (Lipinski definition) is 0. The Hall–Kier alpha value is -0.870. The fourth-order valence-corrected chi connectivity index (χ4v) is 5.13. The van der Waals surface area contributed by atoms with E-state index in [9.17, 15) is 0 Å². The molecule has 0 bridgehead atoms. The van der Waals surface area contributed by atoms with Crippen molar-refractivity contribution >= 4 is 39.0 Å². The predicted molar refractivity (Wildman–Crippen MR) is 101 cm³/mol. The van der Waals surface area contributed by atoms with Gasteiger partial charge in [-0.15, -0.1) is 11.3 Å². The Labute approximate surface area is 148 Å². The van der Waals surface area contributed by atoms with Crippen LogP contribution in [0.2, 0.25) is 5.28 Å². The highest BCUT2D eigenvalue weighted by atomic mass is 35.5. The number of nitrogens with zero attached hydrogens (tertiary/aromatic N) is 3. The monoisotopic (exact) mass is 351 g/mol. The molecule has 23 heavy (non-hydrogen) atoms. The first-order chi connectivity index (χ1) is 10.8. The van der Waals surface area contributed by atoms with Crippen LogP contribution in [0, 0.1) is 11.3 Å². The molecular weight excluding hydrogens is 326 g/mol. The summed E-state index contributed by atoms with van der Waals surface area (Å²) in [5, 5.41) is 1.62. The summed E-state index contributed by atoms with van der Waals surface area (Å²) in [6.45, 7) is 13.3. The number of thiophene rings is 1. The van der Waals surface area contributed by atoms with E-state index in [1.807, 2.05) is 11.3 Å². The Morgan fingerprint density at radius 1 is 1.22 bits per heavy atom. The first-order valence-electron chi connectivity index (χ1n) is 8.57. The lowest BCUT2D eigenvalue weighted by Crippen LogP contribution is -2.26. The summed E-state index contributed by atoms with van der Waals surface area (Å²) in [5.41, 5.74) is 1.84. The van der Waals surface area contributed by atoms with Gasteiger partial charge in [-0.1, -0.05) is 20.8 Å². The zero-order valence-electron chi connectivity index (χ0n) is 14.7. The molecule has 0 aromatic carbocycles. The van der Waals surface area contributed by atoms with Gasteiger partial charge in [0.25, 0.3) is 0 Å². The molecule has 0 radical (unpaired) electrons. The fourth-order valence-electron chi connectivity index (χ4n) is 3.62. The highest BCUT2D eigenvalue weighted by Crippen LogP contribution is 2.45. The molecule has 2 aromatic heterocycles. The van der Waals surface area contributed by atoms with Crippen LogP contribution in [0.15, 0.2) is 0 Å². The summed E-state index contributed by atoms with van der Waals surface area (Å²) in [4.78, 5) is 14.0. The van der Waals surface area contributed by atoms with Crippen molar-refractivity contribution in [1.29, 1.82) is 0 Å². The summed E-state index contributed by atoms with van der Waals surface area (Å²) < 4.78 is 0. The molecule has 3 nitrogen and oxygen atoms in total. The molecular formula is C18H26ClN3S. The van der Waals surface area contributed by atoms with Gasteiger partial charge in [0, 0.05) is 18.0 Å². The molecule has 1 atom stereocenters. The first-order valence-corrected chi connectivity index (χ1v) is 9.77. The fraction of sp³-hybridized carbons (Fsp3) is 0.667. The van der Waals surface area contributed by atoms with Gasteiger partial charge >= 0.3 is 0 Å². The van der Waals surface area contributed by atoms with Crippen molar-refractivity contribution in [3.8, 4) is 0 Å². The minimum Gasteiger partial charge on any atom is -0.356 e. The van der Waals surface area contributed by atoms with Gasteiger partial charge in [-0.05, 0) is 61.6 Å². The molecule has 3 rings (SSSR count). The number of aryl methyl sites for hydroxylation is 1. The standard InChI is InChI=1S/C18H26ClN3S/c1-6-22(7-2)15-14-12-9-8-11(18(3,4)5)10-13(12)23-16(14)21-17(19)20-15/h11H,6-10H2,1-5H3. The minimum absolute atomic E-state index is 0.360. The van der Waals surface area contributed by atoms with Crippen LogP contribution in [0.5, 0.6) is 0 Å². The highest BCUT2D eigenvalue weighted by Gasteiger charge is 2.32. The molecule has 0 fully saturated rings. The molecule has 0 amide bonds. The summed E-state index contributed by atoms with van der Waals surface area (Å²) in [7, 11) is 0. The van der Waals surface area contributed by atoms with Gasteiger partial charge in [0.15, 0.2) is 0 Å². The maximum atomic E-state index is 6.20. The Morgan fingerprint density at radius 3 is 2.52 bits per heavy atom. The van der Waals surface area contributed by atoms with E-state index in [-0.39, 0.29) is 0 Å². The number of hydrogen-bond acceptors (Lipinski definition) is 4. The third-order valence-corrected chi connectivity index (χ3v) is 6.47. The van der Waals surface area contributed by atoms with Gasteiger partial charge in [-0.2, -0.15) is 4.98 Å². The van der Waals surface area contributed by atoms with Crippen molar-refractivity contribution in [2.45, 2.75) is 53.9 Å². The molecule has 1 aliphatic carbocycles. The number of anilines is 1. The van der Waals surface area contributed by atoms with Crippen molar-refractivity contribution < 1.29 is 0 Å². The van der Waals surface area contributed by atoms with Gasteiger partial charge in [0.2, 0.25) is 5.28 Å². The Morgan fingerprint density at radius 2 is 1.91 bits per heavy atom. The quantitative estimate of drug-likeness (QED) is 0.698. The first kappa shape index (κ1) is 17.0. The van der Waals surface area contributed by atoms with Gasteiger partial charge < -0.3 is 4.90 Å². The highest BCUT2D eigenvalue weighted by molar-refractivity contribution is 7.19. The van der Waals surface area contributed by atoms with E-state index in [2.05, 4.69) is 49.5 Å². The lowest BCUT2D eigenvalue weighted by molar-refractivity contribution is 0.218. The second-order valence-corrected chi connectivity index (χ2v) is 8.90. The molecule has 2 aromatic rings. The summed E-state index contributed by atoms with van der Waals surface area (Å²) in [6, 6.07) is 0. The molecule has 0 saturated heterocycles. The largest absolute Gasteiger partial charge is 0.356 e. The molecule has 1 unspecified atom stereocenters. The lowest BCUT2D eigenvalue weighted by atomic mass is 9.72. The summed E-state index contributed by atoms with van der Waals surface area (Å²) in [5.74, 6) is 1.76. The van der Waals surface area contributed by atoms with E-state index in [1.54, 1.807) is 0 Å². The molecule has 5 heteroatoms. The third kappa shape index (κ3) is 3.08. The summed E-state index contributed by atoms with van der Waals surface area (Å²) >= 11 is 8.03. The Balaban J connectivity index is 2.13. The van der Waals surface area contributed by atoms with Crippen LogP contribution in [0.25, 0.3) is 10.2 Å². The van der Waals surface area contributed by atoms with Gasteiger partial charge in [0.1, 0.15) is 10.6 Å². The number of aromatic nitrogens is 2. The maximum absolute atomic E-state index is 6.20. The predicted octanol–water partition coefficient (Wildman–Crippen LogP) is 5.34. The molecule has 0 aliphatic heterocycles. The van der Waals surface area contributed by atoms with Gasteiger partial charge in [0.05, 0.1) is 5.39 Å². The summed E-state index contributed by atoms with van der Waals surface area (Å²) in [6.07, 6.45) is 3.55. The smallest absolute Gasteiger partial charge is 0.225 e. The Kier molecular flexibility index (Phi) is 4.58. The van der Waals surface area contributed by atoms with E-state index < -0.39 is 0 Å². The normalized spacial score (nSPS) is 18.3. The molecule has 0 spiro atoms.